The number of nitrogens with zero attached hydrogens (tertiary/aromatic N) is 26. The van der Waals surface area contributed by atoms with E-state index in [1.54, 1.807) is 111 Å². The second kappa shape index (κ2) is 43.6. The molecular formula is C88H120N30O10S5. The molecule has 0 spiro atoms. The monoisotopic (exact) mass is 1920 g/mol. The SMILES string of the molecule is CNc1cc(-c2nc(N=S(C)(C)=O)cc(N3CCOC[C@H]3C)n2)ccn1.Cc1cc(-c2nc(N=S(C)(=O)C3CC3)cc(N3CCOC[C@H]3C)n2)cc(N)n1.Cc1cc(-c2nc(N=S(C)(C)=O)cc(N3CCOC[C@H]3C)n2)cc(C#N)n1.Cc1cc(-c2nc(N=S(C)(C)=O)cc(N3CCOC[C@H]3C)n2)cc(N)n1.Cc1cc(-c2nc(N=S(C)(C)=O)cc(N3CCOC[C@H]3C)n2)cc(N)n1. The molecule has 6 fully saturated rings. The van der Waals surface area contributed by atoms with Gasteiger partial charge in [-0.3, -0.25) is 0 Å². The average Bonchev–Trinajstić information content (AvgIpc) is 1.62. The van der Waals surface area contributed by atoms with E-state index in [9.17, 15) is 26.3 Å². The quantitative estimate of drug-likeness (QED) is 0.0658. The number of rotatable bonds is 17. The topological polar surface area (TPSA) is 517 Å². The predicted octanol–water partition coefficient (Wildman–Crippen LogP) is 11.0. The van der Waals surface area contributed by atoms with E-state index < -0.39 is 48.6 Å². The number of hydrogen-bond acceptors (Lipinski definition) is 40. The van der Waals surface area contributed by atoms with Gasteiger partial charge in [-0.2, -0.15) is 27.1 Å². The third-order valence-corrected chi connectivity index (χ3v) is 25.5. The highest BCUT2D eigenvalue weighted by molar-refractivity contribution is 7.94. The largest absolute Gasteiger partial charge is 0.384 e. The molecule has 0 bridgehead atoms. The Kier molecular flexibility index (Phi) is 32.9. The molecule has 0 amide bonds. The predicted molar refractivity (Wildman–Crippen MR) is 528 cm³/mol. The van der Waals surface area contributed by atoms with Crippen LogP contribution in [0.4, 0.5) is 81.5 Å². The van der Waals surface area contributed by atoms with Gasteiger partial charge in [-0.1, -0.05) is 0 Å². The fraction of sp³-hybridized carbons (Fsp3) is 0.477. The van der Waals surface area contributed by atoms with Crippen molar-refractivity contribution in [1.82, 2.24) is 74.8 Å². The lowest BCUT2D eigenvalue weighted by Gasteiger charge is -2.34. The zero-order chi connectivity index (χ0) is 96.0. The van der Waals surface area contributed by atoms with Gasteiger partial charge in [0.1, 0.15) is 64.1 Å². The Bertz CT molecular complexity index is 6400. The molecule has 10 aromatic rings. The molecule has 0 radical (unpaired) electrons. The number of nitrogens with two attached hydrogens (primary N) is 3. The minimum absolute atomic E-state index is 0.149. The van der Waals surface area contributed by atoms with Crippen molar-refractivity contribution in [2.75, 3.05) is 209 Å². The Morgan fingerprint density at radius 3 is 0.872 bits per heavy atom. The molecule has 16 rings (SSSR count). The number of aromatic nitrogens is 15. The summed E-state index contributed by atoms with van der Waals surface area (Å²) in [5.41, 5.74) is 24.8. The van der Waals surface area contributed by atoms with Gasteiger partial charge in [0.25, 0.3) is 0 Å². The van der Waals surface area contributed by atoms with Crippen LogP contribution in [0, 0.1) is 39.0 Å². The number of ether oxygens (including phenoxy) is 5. The maximum Gasteiger partial charge on any atom is 0.167 e. The Morgan fingerprint density at radius 2 is 0.624 bits per heavy atom. The van der Waals surface area contributed by atoms with Crippen LogP contribution in [0.25, 0.3) is 56.9 Å². The van der Waals surface area contributed by atoms with E-state index in [1.165, 1.54) is 0 Å². The number of anilines is 9. The lowest BCUT2D eigenvalue weighted by atomic mass is 10.2. The molecule has 1 saturated carbocycles. The van der Waals surface area contributed by atoms with Crippen LogP contribution in [0.2, 0.25) is 0 Å². The minimum atomic E-state index is -2.38. The number of nitrogen functional groups attached to an aromatic ring is 3. The maximum atomic E-state index is 12.9. The van der Waals surface area contributed by atoms with Gasteiger partial charge >= 0.3 is 0 Å². The molecule has 7 N–H and O–H groups in total. The molecule has 15 heterocycles. The highest BCUT2D eigenvalue weighted by atomic mass is 32.2. The smallest absolute Gasteiger partial charge is 0.167 e. The van der Waals surface area contributed by atoms with Crippen molar-refractivity contribution >= 4 is 130 Å². The van der Waals surface area contributed by atoms with Crippen molar-refractivity contribution in [3.63, 3.8) is 0 Å². The number of pyridine rings is 5. The molecule has 712 valence electrons. The third kappa shape index (κ3) is 29.4. The summed E-state index contributed by atoms with van der Waals surface area (Å²) >= 11 is 0. The molecule has 40 nitrogen and oxygen atoms in total. The Balaban J connectivity index is 0.000000150. The first kappa shape index (κ1) is 100. The summed E-state index contributed by atoms with van der Waals surface area (Å²) in [6.45, 7) is 27.8. The van der Waals surface area contributed by atoms with Gasteiger partial charge in [0.2, 0.25) is 0 Å². The molecule has 6 atom stereocenters. The fourth-order valence-electron chi connectivity index (χ4n) is 14.8. The Hall–Kier alpha value is -11.6. The molecular weight excluding hydrogens is 1800 g/mol. The normalized spacial score (nSPS) is 18.7. The second-order valence-electron chi connectivity index (χ2n) is 34.3. The summed E-state index contributed by atoms with van der Waals surface area (Å²) in [6.07, 6.45) is 18.0. The van der Waals surface area contributed by atoms with E-state index in [-0.39, 0.29) is 35.5 Å². The second-order valence-corrected chi connectivity index (χ2v) is 47.1. The first-order chi connectivity index (χ1) is 62.8. The van der Waals surface area contributed by atoms with E-state index in [0.29, 0.717) is 171 Å². The maximum absolute atomic E-state index is 12.9. The van der Waals surface area contributed by atoms with Crippen molar-refractivity contribution in [2.45, 2.75) is 111 Å². The van der Waals surface area contributed by atoms with E-state index in [0.717, 1.165) is 107 Å². The van der Waals surface area contributed by atoms with Crippen LogP contribution < -0.4 is 47.0 Å². The number of nitriles is 1. The molecule has 5 aliphatic heterocycles. The Morgan fingerprint density at radius 1 is 0.361 bits per heavy atom. The van der Waals surface area contributed by atoms with Crippen molar-refractivity contribution in [2.24, 2.45) is 21.8 Å². The van der Waals surface area contributed by atoms with E-state index in [4.69, 9.17) is 65.8 Å². The third-order valence-electron chi connectivity index (χ3n) is 20.8. The summed E-state index contributed by atoms with van der Waals surface area (Å²) in [7, 11) is -9.92. The minimum Gasteiger partial charge on any atom is -0.384 e. The van der Waals surface area contributed by atoms with Gasteiger partial charge in [-0.15, -0.1) is 0 Å². The highest BCUT2D eigenvalue weighted by Gasteiger charge is 2.33. The summed E-state index contributed by atoms with van der Waals surface area (Å²) in [4.78, 5) is 78.0. The molecule has 6 aliphatic rings. The lowest BCUT2D eigenvalue weighted by molar-refractivity contribution is 0.0985. The van der Waals surface area contributed by atoms with Gasteiger partial charge in [-0.25, -0.2) is 95.8 Å². The Labute approximate surface area is 780 Å². The average molecular weight is 1920 g/mol. The van der Waals surface area contributed by atoms with E-state index in [2.05, 4.69) is 142 Å². The summed E-state index contributed by atoms with van der Waals surface area (Å²) in [5, 5.41) is 12.4. The van der Waals surface area contributed by atoms with Crippen LogP contribution in [0.1, 0.15) is 75.9 Å². The van der Waals surface area contributed by atoms with E-state index in [1.807, 2.05) is 77.2 Å². The molecule has 5 saturated heterocycles. The van der Waals surface area contributed by atoms with Crippen molar-refractivity contribution in [3.8, 4) is 63.0 Å². The lowest BCUT2D eigenvalue weighted by Crippen LogP contribution is -2.44. The highest BCUT2D eigenvalue weighted by Crippen LogP contribution is 2.37. The molecule has 1 unspecified atom stereocenters. The van der Waals surface area contributed by atoms with Crippen LogP contribution >= 0.6 is 0 Å². The molecule has 45 heteroatoms. The number of nitrogens with one attached hydrogen (secondary N) is 1. The molecule has 0 aromatic carbocycles. The van der Waals surface area contributed by atoms with Crippen LogP contribution in [-0.2, 0) is 72.3 Å². The number of aryl methyl sites for hydroxylation is 4. The standard InChI is InChI=1S/C19H26N6O2S.C18H22N6O2S.3C17H24N6O2S/c1-12-8-14(9-16(20)21-12)19-22-17(24-28(3,26)15-4-5-15)10-18(23-19)25-6-7-27-11-13(25)2;1-12-7-14(8-15(10-19)20-12)18-21-16(23-27(3,4)25)9-17(22-18)24-5-6-26-11-13(24)2;2*1-11-7-13(8-14(18)19-11)17-20-15(22-26(3,4)24)9-16(21-17)23-5-6-25-10-12(23)2;1-12-11-25-8-7-23(12)16-10-15(22-26(3,4)24)20-17(21-16)13-5-6-19-14(9-13)18-2/h8-10,13,15H,4-7,11H2,1-3H3,(H2,20,21);7-9,13H,5-6,11H2,1-4H3;2*7-9,12H,5-6,10H2,1-4H3,(H2,18,19);5-6,9-10,12H,7-8,11H2,1-4H3,(H,18,19)/t13-,28?;13-;3*12-/m11111/s1. The van der Waals surface area contributed by atoms with Gasteiger partial charge in [0.15, 0.2) is 58.2 Å². The van der Waals surface area contributed by atoms with Crippen molar-refractivity contribution < 1.29 is 44.7 Å². The van der Waals surface area contributed by atoms with Crippen LogP contribution in [0.15, 0.2) is 119 Å². The number of morpholine rings is 5. The van der Waals surface area contributed by atoms with Gasteiger partial charge in [0.05, 0.1) is 106 Å². The zero-order valence-corrected chi connectivity index (χ0v) is 82.8. The van der Waals surface area contributed by atoms with Crippen molar-refractivity contribution in [1.29, 1.82) is 5.26 Å². The number of hydrogen-bond donors (Lipinski definition) is 4. The summed E-state index contributed by atoms with van der Waals surface area (Å²) in [5.74, 6) is 10.1. The fourth-order valence-corrected chi connectivity index (χ4v) is 18.6. The molecule has 133 heavy (non-hydrogen) atoms. The summed E-state index contributed by atoms with van der Waals surface area (Å²) < 4.78 is 111. The van der Waals surface area contributed by atoms with Crippen LogP contribution in [0.3, 0.4) is 0 Å². The first-order valence-electron chi connectivity index (χ1n) is 43.2. The molecule has 1 aliphatic carbocycles. The van der Waals surface area contributed by atoms with Crippen LogP contribution in [-0.4, -0.2) is 293 Å². The van der Waals surface area contributed by atoms with Crippen LogP contribution in [0.5, 0.6) is 0 Å². The first-order valence-corrected chi connectivity index (χ1v) is 54.5. The van der Waals surface area contributed by atoms with Gasteiger partial charge in [-0.05, 0) is 136 Å². The van der Waals surface area contributed by atoms with Gasteiger partial charge < -0.3 is 70.7 Å². The van der Waals surface area contributed by atoms with Crippen molar-refractivity contribution in [3.05, 3.63) is 126 Å². The summed E-state index contributed by atoms with van der Waals surface area (Å²) in [6, 6.07) is 29.9. The van der Waals surface area contributed by atoms with Gasteiger partial charge in [0, 0.05) is 227 Å². The zero-order valence-electron chi connectivity index (χ0n) is 78.7. The van der Waals surface area contributed by atoms with E-state index >= 15 is 0 Å². The molecule has 10 aromatic heterocycles.